The average Bonchev–Trinajstić information content (AvgIpc) is 3.84. The second-order valence-corrected chi connectivity index (χ2v) is 13.2. The predicted octanol–water partition coefficient (Wildman–Crippen LogP) is 12.0. The van der Waals surface area contributed by atoms with Gasteiger partial charge in [0.1, 0.15) is 0 Å². The molecular weight excluding hydrogens is 621 g/mol. The summed E-state index contributed by atoms with van der Waals surface area (Å²) in [6.45, 7) is 0. The highest BCUT2D eigenvalue weighted by molar-refractivity contribution is 6.29. The van der Waals surface area contributed by atoms with Gasteiger partial charge in [-0.05, 0) is 83.9 Å². The molecule has 0 spiro atoms. The fraction of sp³-hybridized carbons (Fsp3) is 0. The molecule has 0 aliphatic rings. The Kier molecular flexibility index (Phi) is 5.92. The molecule has 0 amide bonds. The first-order valence-corrected chi connectivity index (χ1v) is 17.4. The van der Waals surface area contributed by atoms with Gasteiger partial charge in [-0.2, -0.15) is 0 Å². The minimum Gasteiger partial charge on any atom is -0.309 e. The maximum absolute atomic E-state index is 4.44. The molecular formula is C47H30N4. The summed E-state index contributed by atoms with van der Waals surface area (Å²) < 4.78 is 7.19. The Morgan fingerprint density at radius 2 is 0.765 bits per heavy atom. The lowest BCUT2D eigenvalue weighted by molar-refractivity contribution is 1.17. The second kappa shape index (κ2) is 10.8. The SMILES string of the molecule is c1ccc(-n2c3ccccc3c3c4c5ccccc5n(-c5cccc(-c6cccc(-n7c8ccccc8c8cnccc87)c6)c5)c4ccc32)cc1. The molecule has 4 heteroatoms. The molecule has 4 heterocycles. The zero-order chi connectivity index (χ0) is 33.5. The van der Waals surface area contributed by atoms with Crippen LogP contribution in [0.2, 0.25) is 0 Å². The number of para-hydroxylation sites is 4. The maximum atomic E-state index is 4.44. The van der Waals surface area contributed by atoms with Crippen molar-refractivity contribution in [3.8, 4) is 28.2 Å². The zero-order valence-corrected chi connectivity index (χ0v) is 27.6. The number of pyridine rings is 1. The van der Waals surface area contributed by atoms with Crippen molar-refractivity contribution in [3.63, 3.8) is 0 Å². The molecule has 51 heavy (non-hydrogen) atoms. The monoisotopic (exact) mass is 650 g/mol. The van der Waals surface area contributed by atoms with Crippen molar-refractivity contribution < 1.29 is 0 Å². The molecule has 4 aromatic heterocycles. The molecule has 11 aromatic rings. The molecule has 11 rings (SSSR count). The molecule has 7 aromatic carbocycles. The van der Waals surface area contributed by atoms with E-state index in [9.17, 15) is 0 Å². The van der Waals surface area contributed by atoms with Crippen LogP contribution in [0, 0.1) is 0 Å². The Labute approximate surface area is 293 Å². The van der Waals surface area contributed by atoms with Crippen LogP contribution in [0.4, 0.5) is 0 Å². The Morgan fingerprint density at radius 1 is 0.314 bits per heavy atom. The first-order chi connectivity index (χ1) is 25.3. The van der Waals surface area contributed by atoms with Crippen LogP contribution >= 0.6 is 0 Å². The largest absolute Gasteiger partial charge is 0.309 e. The number of nitrogens with zero attached hydrogens (tertiary/aromatic N) is 4. The predicted molar refractivity (Wildman–Crippen MR) is 213 cm³/mol. The second-order valence-electron chi connectivity index (χ2n) is 13.2. The molecule has 4 nitrogen and oxygen atoms in total. The minimum atomic E-state index is 1.13. The highest BCUT2D eigenvalue weighted by atomic mass is 15.0. The van der Waals surface area contributed by atoms with Crippen LogP contribution < -0.4 is 0 Å². The number of benzene rings is 7. The number of aromatic nitrogens is 4. The van der Waals surface area contributed by atoms with E-state index >= 15 is 0 Å². The van der Waals surface area contributed by atoms with Crippen molar-refractivity contribution in [2.75, 3.05) is 0 Å². The van der Waals surface area contributed by atoms with Gasteiger partial charge in [0.05, 0.1) is 33.1 Å². The Hall–Kier alpha value is -6.91. The third-order valence-corrected chi connectivity index (χ3v) is 10.5. The molecule has 0 fully saturated rings. The van der Waals surface area contributed by atoms with E-state index in [1.807, 2.05) is 12.4 Å². The normalized spacial score (nSPS) is 11.9. The third-order valence-electron chi connectivity index (χ3n) is 10.5. The van der Waals surface area contributed by atoms with Crippen LogP contribution in [0.3, 0.4) is 0 Å². The van der Waals surface area contributed by atoms with E-state index in [0.717, 1.165) is 22.3 Å². The lowest BCUT2D eigenvalue weighted by Gasteiger charge is -2.13. The van der Waals surface area contributed by atoms with Crippen LogP contribution in [-0.4, -0.2) is 18.7 Å². The fourth-order valence-electron chi connectivity index (χ4n) is 8.39. The van der Waals surface area contributed by atoms with Gasteiger partial charge in [0, 0.05) is 61.8 Å². The van der Waals surface area contributed by atoms with Crippen molar-refractivity contribution in [3.05, 3.63) is 182 Å². The van der Waals surface area contributed by atoms with E-state index in [2.05, 4.69) is 189 Å². The molecule has 0 N–H and O–H groups in total. The standard InChI is InChI=1S/C47H30N4/c1-2-14-33(15-3-1)49-41-22-8-5-19-37(41)46-44(49)24-25-45-47(46)38-20-6-9-23-42(38)51(45)35-17-11-13-32(29-35)31-12-10-16-34(28-31)50-40-21-7-4-18-36(40)39-30-48-27-26-43(39)50/h1-30H. The summed E-state index contributed by atoms with van der Waals surface area (Å²) in [5.41, 5.74) is 12.9. The summed E-state index contributed by atoms with van der Waals surface area (Å²) in [5.74, 6) is 0. The summed E-state index contributed by atoms with van der Waals surface area (Å²) in [6, 6.07) is 61.5. The average molecular weight is 651 g/mol. The number of fused-ring (bicyclic) bond motifs is 10. The van der Waals surface area contributed by atoms with Gasteiger partial charge in [-0.15, -0.1) is 0 Å². The van der Waals surface area contributed by atoms with Crippen molar-refractivity contribution in [1.82, 2.24) is 18.7 Å². The van der Waals surface area contributed by atoms with Crippen LogP contribution in [-0.2, 0) is 0 Å². The molecule has 0 saturated heterocycles. The smallest absolute Gasteiger partial charge is 0.0571 e. The summed E-state index contributed by atoms with van der Waals surface area (Å²) in [4.78, 5) is 4.44. The van der Waals surface area contributed by atoms with E-state index in [1.54, 1.807) is 0 Å². The summed E-state index contributed by atoms with van der Waals surface area (Å²) in [6.07, 6.45) is 3.85. The van der Waals surface area contributed by atoms with Gasteiger partial charge < -0.3 is 13.7 Å². The number of hydrogen-bond acceptors (Lipinski definition) is 1. The highest BCUT2D eigenvalue weighted by Gasteiger charge is 2.20. The number of rotatable bonds is 4. The van der Waals surface area contributed by atoms with Crippen LogP contribution in [0.25, 0.3) is 93.6 Å². The van der Waals surface area contributed by atoms with Gasteiger partial charge in [0.2, 0.25) is 0 Å². The first kappa shape index (κ1) is 28.0. The topological polar surface area (TPSA) is 27.7 Å². The van der Waals surface area contributed by atoms with Gasteiger partial charge in [0.15, 0.2) is 0 Å². The summed E-state index contributed by atoms with van der Waals surface area (Å²) in [5, 5.41) is 7.45. The summed E-state index contributed by atoms with van der Waals surface area (Å²) in [7, 11) is 0. The molecule has 0 saturated carbocycles. The van der Waals surface area contributed by atoms with Crippen LogP contribution in [0.5, 0.6) is 0 Å². The van der Waals surface area contributed by atoms with Crippen LogP contribution in [0.15, 0.2) is 182 Å². The van der Waals surface area contributed by atoms with Crippen molar-refractivity contribution in [1.29, 1.82) is 0 Å². The van der Waals surface area contributed by atoms with E-state index in [-0.39, 0.29) is 0 Å². The number of hydrogen-bond donors (Lipinski definition) is 0. The maximum Gasteiger partial charge on any atom is 0.0571 e. The van der Waals surface area contributed by atoms with Gasteiger partial charge in [0.25, 0.3) is 0 Å². The van der Waals surface area contributed by atoms with E-state index < -0.39 is 0 Å². The van der Waals surface area contributed by atoms with Gasteiger partial charge in [-0.3, -0.25) is 4.98 Å². The van der Waals surface area contributed by atoms with E-state index in [0.29, 0.717) is 0 Å². The third kappa shape index (κ3) is 4.05. The van der Waals surface area contributed by atoms with Gasteiger partial charge in [-0.25, -0.2) is 0 Å². The molecule has 0 radical (unpaired) electrons. The lowest BCUT2D eigenvalue weighted by atomic mass is 10.0. The first-order valence-electron chi connectivity index (χ1n) is 17.4. The Morgan fingerprint density at radius 3 is 1.37 bits per heavy atom. The molecule has 0 aliphatic heterocycles. The fourth-order valence-corrected chi connectivity index (χ4v) is 8.39. The summed E-state index contributed by atoms with van der Waals surface area (Å²) >= 11 is 0. The molecule has 0 unspecified atom stereocenters. The van der Waals surface area contributed by atoms with E-state index in [1.165, 1.54) is 71.3 Å². The molecule has 238 valence electrons. The minimum absolute atomic E-state index is 1.13. The zero-order valence-electron chi connectivity index (χ0n) is 27.6. The molecule has 0 atom stereocenters. The lowest BCUT2D eigenvalue weighted by Crippen LogP contribution is -1.96. The van der Waals surface area contributed by atoms with Crippen molar-refractivity contribution in [2.45, 2.75) is 0 Å². The Bertz CT molecular complexity index is 3090. The van der Waals surface area contributed by atoms with Crippen molar-refractivity contribution >= 4 is 65.4 Å². The molecule has 0 bridgehead atoms. The van der Waals surface area contributed by atoms with Gasteiger partial charge >= 0.3 is 0 Å². The van der Waals surface area contributed by atoms with Crippen molar-refractivity contribution in [2.24, 2.45) is 0 Å². The quantitative estimate of drug-likeness (QED) is 0.186. The Balaban J connectivity index is 1.13. The van der Waals surface area contributed by atoms with E-state index in [4.69, 9.17) is 0 Å². The molecule has 0 aliphatic carbocycles. The van der Waals surface area contributed by atoms with Crippen LogP contribution in [0.1, 0.15) is 0 Å². The van der Waals surface area contributed by atoms with Gasteiger partial charge in [-0.1, -0.05) is 97.1 Å². The highest BCUT2D eigenvalue weighted by Crippen LogP contribution is 2.42.